The van der Waals surface area contributed by atoms with Crippen molar-refractivity contribution in [3.05, 3.63) is 22.4 Å². The third kappa shape index (κ3) is 2.14. The molecular formula is C16H25NS. The molecule has 2 fully saturated rings. The molecule has 2 aliphatic carbocycles. The number of nitrogens with one attached hydrogen (secondary N) is 1. The van der Waals surface area contributed by atoms with E-state index in [0.717, 1.165) is 6.54 Å². The maximum Gasteiger partial charge on any atom is 0.0182 e. The summed E-state index contributed by atoms with van der Waals surface area (Å²) >= 11 is 1.96. The zero-order valence-electron chi connectivity index (χ0n) is 11.5. The summed E-state index contributed by atoms with van der Waals surface area (Å²) in [6.07, 6.45) is 11.7. The van der Waals surface area contributed by atoms with Crippen molar-refractivity contribution in [2.24, 2.45) is 5.41 Å². The molecule has 1 aromatic heterocycles. The lowest BCUT2D eigenvalue weighted by atomic mass is 9.49. The van der Waals surface area contributed by atoms with Crippen LogP contribution in [0, 0.1) is 5.41 Å². The molecule has 1 N–H and O–H groups in total. The van der Waals surface area contributed by atoms with Crippen LogP contribution in [0.25, 0.3) is 0 Å². The molecule has 0 atom stereocenters. The lowest BCUT2D eigenvalue weighted by Gasteiger charge is -2.56. The van der Waals surface area contributed by atoms with Gasteiger partial charge in [-0.05, 0) is 49.6 Å². The van der Waals surface area contributed by atoms with Gasteiger partial charge in [0, 0.05) is 16.8 Å². The molecule has 0 aliphatic heterocycles. The summed E-state index contributed by atoms with van der Waals surface area (Å²) in [7, 11) is 2.10. The van der Waals surface area contributed by atoms with Crippen LogP contribution in [0.1, 0.15) is 56.2 Å². The van der Waals surface area contributed by atoms with Gasteiger partial charge in [-0.1, -0.05) is 31.7 Å². The maximum atomic E-state index is 3.44. The number of hydrogen-bond acceptors (Lipinski definition) is 2. The van der Waals surface area contributed by atoms with Gasteiger partial charge in [0.1, 0.15) is 0 Å². The Balaban J connectivity index is 1.76. The van der Waals surface area contributed by atoms with Crippen molar-refractivity contribution < 1.29 is 0 Å². The molecule has 0 amide bonds. The Morgan fingerprint density at radius 3 is 2.44 bits per heavy atom. The fourth-order valence-electron chi connectivity index (χ4n) is 4.52. The average Bonchev–Trinajstić information content (AvgIpc) is 2.75. The molecule has 3 rings (SSSR count). The van der Waals surface area contributed by atoms with Gasteiger partial charge in [0.2, 0.25) is 0 Å². The molecule has 1 nitrogen and oxygen atoms in total. The second-order valence-electron chi connectivity index (χ2n) is 6.56. The fraction of sp³-hybridized carbons (Fsp3) is 0.750. The lowest BCUT2D eigenvalue weighted by molar-refractivity contribution is 0.00938. The van der Waals surface area contributed by atoms with E-state index < -0.39 is 0 Å². The first-order valence-corrected chi connectivity index (χ1v) is 8.35. The number of hydrogen-bond donors (Lipinski definition) is 1. The van der Waals surface area contributed by atoms with Crippen molar-refractivity contribution in [1.82, 2.24) is 5.32 Å². The van der Waals surface area contributed by atoms with Crippen molar-refractivity contribution in [2.75, 3.05) is 13.6 Å². The van der Waals surface area contributed by atoms with Crippen LogP contribution < -0.4 is 5.32 Å². The first-order valence-electron chi connectivity index (χ1n) is 7.47. The minimum atomic E-state index is 0.466. The summed E-state index contributed by atoms with van der Waals surface area (Å²) < 4.78 is 0. The summed E-state index contributed by atoms with van der Waals surface area (Å²) in [6, 6.07) is 4.57. The summed E-state index contributed by atoms with van der Waals surface area (Å²) in [4.78, 5) is 1.62. The Morgan fingerprint density at radius 2 is 1.89 bits per heavy atom. The Kier molecular flexibility index (Phi) is 3.50. The summed E-state index contributed by atoms with van der Waals surface area (Å²) in [5, 5.41) is 5.68. The van der Waals surface area contributed by atoms with Crippen LogP contribution in [0.15, 0.2) is 17.5 Å². The number of likely N-dealkylation sites (N-methyl/N-ethyl adjacent to an activating group) is 1. The number of rotatable bonds is 3. The smallest absolute Gasteiger partial charge is 0.0182 e. The first kappa shape index (κ1) is 12.7. The van der Waals surface area contributed by atoms with E-state index in [1.165, 1.54) is 51.4 Å². The monoisotopic (exact) mass is 263 g/mol. The van der Waals surface area contributed by atoms with Gasteiger partial charge in [-0.3, -0.25) is 0 Å². The third-order valence-electron chi connectivity index (χ3n) is 5.15. The minimum Gasteiger partial charge on any atom is -0.319 e. The highest BCUT2D eigenvalue weighted by atomic mass is 32.1. The molecule has 0 aromatic carbocycles. The molecular weight excluding hydrogens is 238 g/mol. The highest BCUT2D eigenvalue weighted by molar-refractivity contribution is 7.10. The lowest BCUT2D eigenvalue weighted by Crippen LogP contribution is -2.53. The van der Waals surface area contributed by atoms with Gasteiger partial charge in [-0.25, -0.2) is 0 Å². The third-order valence-corrected chi connectivity index (χ3v) is 6.27. The highest BCUT2D eigenvalue weighted by Gasteiger charge is 2.54. The molecule has 1 heterocycles. The van der Waals surface area contributed by atoms with Gasteiger partial charge >= 0.3 is 0 Å². The molecule has 0 bridgehead atoms. The predicted octanol–water partition coefficient (Wildman–Crippen LogP) is 4.34. The maximum absolute atomic E-state index is 3.44. The zero-order valence-corrected chi connectivity index (χ0v) is 12.3. The van der Waals surface area contributed by atoms with Crippen LogP contribution in [-0.4, -0.2) is 13.6 Å². The van der Waals surface area contributed by atoms with E-state index >= 15 is 0 Å². The number of thiophene rings is 1. The molecule has 2 heteroatoms. The predicted molar refractivity (Wildman–Crippen MR) is 79.3 cm³/mol. The first-order chi connectivity index (χ1) is 8.79. The Morgan fingerprint density at radius 1 is 1.17 bits per heavy atom. The topological polar surface area (TPSA) is 12.0 Å². The summed E-state index contributed by atoms with van der Waals surface area (Å²) in [6.45, 7) is 1.16. The van der Waals surface area contributed by atoms with E-state index in [4.69, 9.17) is 0 Å². The van der Waals surface area contributed by atoms with E-state index in [2.05, 4.69) is 29.9 Å². The zero-order chi connectivity index (χ0) is 12.5. The van der Waals surface area contributed by atoms with Gasteiger partial charge < -0.3 is 5.32 Å². The Bertz CT molecular complexity index is 366. The largest absolute Gasteiger partial charge is 0.319 e. The van der Waals surface area contributed by atoms with Gasteiger partial charge in [0.25, 0.3) is 0 Å². The molecule has 100 valence electrons. The van der Waals surface area contributed by atoms with Crippen molar-refractivity contribution in [3.8, 4) is 0 Å². The fourth-order valence-corrected chi connectivity index (χ4v) is 5.45. The molecule has 2 saturated carbocycles. The second-order valence-corrected chi connectivity index (χ2v) is 7.50. The van der Waals surface area contributed by atoms with E-state index in [1.54, 1.807) is 4.88 Å². The molecule has 0 saturated heterocycles. The average molecular weight is 263 g/mol. The van der Waals surface area contributed by atoms with Crippen molar-refractivity contribution in [1.29, 1.82) is 0 Å². The van der Waals surface area contributed by atoms with Gasteiger partial charge in [-0.15, -0.1) is 11.3 Å². The van der Waals surface area contributed by atoms with Crippen LogP contribution >= 0.6 is 11.3 Å². The molecule has 0 unspecified atom stereocenters. The van der Waals surface area contributed by atoms with Gasteiger partial charge in [0.05, 0.1) is 0 Å². The highest BCUT2D eigenvalue weighted by Crippen LogP contribution is 2.61. The van der Waals surface area contributed by atoms with Crippen LogP contribution in [0.3, 0.4) is 0 Å². The van der Waals surface area contributed by atoms with E-state index in [0.29, 0.717) is 10.8 Å². The SMILES string of the molecule is CNCC1(c2cccs2)CC2(CCCCCC2)C1. The molecule has 2 aliphatic rings. The van der Waals surface area contributed by atoms with Crippen LogP contribution in [0.2, 0.25) is 0 Å². The quantitative estimate of drug-likeness (QED) is 0.855. The molecule has 1 aromatic rings. The molecule has 18 heavy (non-hydrogen) atoms. The van der Waals surface area contributed by atoms with E-state index in [9.17, 15) is 0 Å². The second kappa shape index (κ2) is 4.97. The van der Waals surface area contributed by atoms with E-state index in [-0.39, 0.29) is 0 Å². The van der Waals surface area contributed by atoms with Crippen LogP contribution in [0.5, 0.6) is 0 Å². The molecule has 0 radical (unpaired) electrons. The van der Waals surface area contributed by atoms with E-state index in [1.807, 2.05) is 11.3 Å². The van der Waals surface area contributed by atoms with Gasteiger partial charge in [0.15, 0.2) is 0 Å². The summed E-state index contributed by atoms with van der Waals surface area (Å²) in [5.74, 6) is 0. The Labute approximate surface area is 115 Å². The van der Waals surface area contributed by atoms with Crippen molar-refractivity contribution in [3.63, 3.8) is 0 Å². The normalized spacial score (nSPS) is 25.6. The van der Waals surface area contributed by atoms with Crippen molar-refractivity contribution >= 4 is 11.3 Å². The Hall–Kier alpha value is -0.340. The minimum absolute atomic E-state index is 0.466. The van der Waals surface area contributed by atoms with Crippen LogP contribution in [0.4, 0.5) is 0 Å². The van der Waals surface area contributed by atoms with Crippen LogP contribution in [-0.2, 0) is 5.41 Å². The van der Waals surface area contributed by atoms with Crippen molar-refractivity contribution in [2.45, 2.75) is 56.8 Å². The standard InChI is InChI=1S/C16H25NS/c1-17-13-16(14-7-6-10-18-14)11-15(12-16)8-4-2-3-5-9-15/h6-7,10,17H,2-5,8-9,11-13H2,1H3. The molecule has 1 spiro atoms. The van der Waals surface area contributed by atoms with Gasteiger partial charge in [-0.2, -0.15) is 0 Å². The summed E-state index contributed by atoms with van der Waals surface area (Å²) in [5.41, 5.74) is 1.17.